The number of thioether (sulfide) groups is 1. The second-order valence-electron chi connectivity index (χ2n) is 3.86. The predicted molar refractivity (Wildman–Crippen MR) is 68.0 cm³/mol. The van der Waals surface area contributed by atoms with Gasteiger partial charge in [0.05, 0.1) is 4.92 Å². The molecule has 1 unspecified atom stereocenters. The van der Waals surface area contributed by atoms with Crippen molar-refractivity contribution in [1.82, 2.24) is 4.90 Å². The summed E-state index contributed by atoms with van der Waals surface area (Å²) in [5.41, 5.74) is 0.140. The van der Waals surface area contributed by atoms with Gasteiger partial charge in [0, 0.05) is 30.0 Å². The van der Waals surface area contributed by atoms with Crippen LogP contribution in [0.2, 0.25) is 0 Å². The Morgan fingerprint density at radius 1 is 1.37 bits per heavy atom. The largest absolute Gasteiger partial charge is 0.479 e. The Hall–Kier alpha value is -2.09. The highest BCUT2D eigenvalue weighted by atomic mass is 32.2. The fourth-order valence-corrected chi connectivity index (χ4v) is 2.82. The van der Waals surface area contributed by atoms with Gasteiger partial charge in [-0.25, -0.2) is 4.79 Å². The van der Waals surface area contributed by atoms with E-state index in [0.717, 1.165) is 0 Å². The van der Waals surface area contributed by atoms with E-state index in [4.69, 9.17) is 5.11 Å². The molecule has 2 rings (SSSR count). The molecule has 1 atom stereocenters. The lowest BCUT2D eigenvalue weighted by molar-refractivity contribution is -0.384. The summed E-state index contributed by atoms with van der Waals surface area (Å²) in [4.78, 5) is 34.3. The molecule has 0 radical (unpaired) electrons. The number of hydrogen-bond acceptors (Lipinski definition) is 5. The molecule has 0 spiro atoms. The maximum absolute atomic E-state index is 12.1. The number of non-ortho nitro benzene ring substituents is 1. The van der Waals surface area contributed by atoms with Crippen LogP contribution in [0, 0.1) is 10.1 Å². The molecule has 1 heterocycles. The molecule has 1 amide bonds. The van der Waals surface area contributed by atoms with Crippen molar-refractivity contribution in [2.75, 3.05) is 12.3 Å². The number of carbonyl (C=O) groups excluding carboxylic acids is 1. The topological polar surface area (TPSA) is 101 Å². The molecule has 19 heavy (non-hydrogen) atoms. The maximum atomic E-state index is 12.1. The first-order valence-electron chi connectivity index (χ1n) is 5.40. The van der Waals surface area contributed by atoms with Gasteiger partial charge in [0.2, 0.25) is 0 Å². The summed E-state index contributed by atoms with van der Waals surface area (Å²) in [5, 5.41) is 18.6. The van der Waals surface area contributed by atoms with E-state index in [2.05, 4.69) is 0 Å². The van der Waals surface area contributed by atoms with Crippen molar-refractivity contribution in [3.63, 3.8) is 0 Å². The third-order valence-electron chi connectivity index (χ3n) is 2.69. The molecule has 1 aromatic carbocycles. The smallest absolute Gasteiger partial charge is 0.337 e. The number of hydrogen-bond donors (Lipinski definition) is 1. The predicted octanol–water partition coefficient (Wildman–Crippen LogP) is 1.19. The van der Waals surface area contributed by atoms with Crippen LogP contribution in [0.3, 0.4) is 0 Å². The van der Waals surface area contributed by atoms with Gasteiger partial charge in [-0.2, -0.15) is 0 Å². The van der Waals surface area contributed by atoms with Gasteiger partial charge in [-0.05, 0) is 12.1 Å². The van der Waals surface area contributed by atoms with E-state index in [1.165, 1.54) is 40.9 Å². The van der Waals surface area contributed by atoms with Crippen molar-refractivity contribution in [1.29, 1.82) is 0 Å². The van der Waals surface area contributed by atoms with Crippen LogP contribution in [0.15, 0.2) is 24.3 Å². The zero-order chi connectivity index (χ0) is 14.0. The van der Waals surface area contributed by atoms with Crippen molar-refractivity contribution in [3.8, 4) is 0 Å². The second kappa shape index (κ2) is 5.27. The molecule has 0 aliphatic carbocycles. The fraction of sp³-hybridized carbons (Fsp3) is 0.273. The van der Waals surface area contributed by atoms with Crippen molar-refractivity contribution < 1.29 is 19.6 Å². The molecular formula is C11H10N2O5S. The number of amides is 1. The number of carboxylic acids is 1. The fourth-order valence-electron chi connectivity index (χ4n) is 1.77. The number of rotatable bonds is 3. The number of aliphatic carboxylic acids is 1. The molecule has 1 fully saturated rings. The maximum Gasteiger partial charge on any atom is 0.337 e. The molecular weight excluding hydrogens is 272 g/mol. The van der Waals surface area contributed by atoms with E-state index in [1.807, 2.05) is 0 Å². The van der Waals surface area contributed by atoms with Gasteiger partial charge < -0.3 is 10.0 Å². The summed E-state index contributed by atoms with van der Waals surface area (Å²) in [6, 6.07) is 5.13. The lowest BCUT2D eigenvalue weighted by Crippen LogP contribution is -2.39. The van der Waals surface area contributed by atoms with Gasteiger partial charge in [-0.1, -0.05) is 0 Å². The zero-order valence-electron chi connectivity index (χ0n) is 9.68. The summed E-state index contributed by atoms with van der Waals surface area (Å²) >= 11 is 1.19. The lowest BCUT2D eigenvalue weighted by Gasteiger charge is -2.20. The summed E-state index contributed by atoms with van der Waals surface area (Å²) in [6.45, 7) is 0.359. The second-order valence-corrected chi connectivity index (χ2v) is 5.05. The highest BCUT2D eigenvalue weighted by molar-refractivity contribution is 8.00. The summed E-state index contributed by atoms with van der Waals surface area (Å²) in [7, 11) is 0. The molecule has 1 N–H and O–H groups in total. The van der Waals surface area contributed by atoms with Gasteiger partial charge in [0.15, 0.2) is 5.37 Å². The van der Waals surface area contributed by atoms with Gasteiger partial charge >= 0.3 is 5.97 Å². The van der Waals surface area contributed by atoms with Crippen molar-refractivity contribution in [2.24, 2.45) is 0 Å². The molecule has 0 bridgehead atoms. The summed E-state index contributed by atoms with van der Waals surface area (Å²) < 4.78 is 0. The Labute approximate surface area is 112 Å². The van der Waals surface area contributed by atoms with Crippen molar-refractivity contribution >= 4 is 29.3 Å². The van der Waals surface area contributed by atoms with Crippen molar-refractivity contribution in [3.05, 3.63) is 39.9 Å². The number of carbonyl (C=O) groups is 2. The van der Waals surface area contributed by atoms with Gasteiger partial charge in [-0.15, -0.1) is 11.8 Å². The van der Waals surface area contributed by atoms with E-state index < -0.39 is 22.2 Å². The van der Waals surface area contributed by atoms with Gasteiger partial charge in [0.1, 0.15) is 0 Å². The lowest BCUT2D eigenvalue weighted by atomic mass is 10.2. The van der Waals surface area contributed by atoms with Crippen LogP contribution in [0.25, 0.3) is 0 Å². The number of benzene rings is 1. The van der Waals surface area contributed by atoms with Crippen LogP contribution in [0.1, 0.15) is 10.4 Å². The number of carboxylic acid groups (broad SMARTS) is 1. The van der Waals surface area contributed by atoms with E-state index in [0.29, 0.717) is 12.3 Å². The van der Waals surface area contributed by atoms with Crippen LogP contribution in [0.5, 0.6) is 0 Å². The molecule has 100 valence electrons. The quantitative estimate of drug-likeness (QED) is 0.660. The monoisotopic (exact) mass is 282 g/mol. The van der Waals surface area contributed by atoms with Crippen LogP contribution >= 0.6 is 11.8 Å². The molecule has 0 saturated carbocycles. The highest BCUT2D eigenvalue weighted by Gasteiger charge is 2.35. The van der Waals surface area contributed by atoms with Gasteiger partial charge in [-0.3, -0.25) is 14.9 Å². The average Bonchev–Trinajstić information content (AvgIpc) is 2.87. The first kappa shape index (κ1) is 13.3. The molecule has 0 aromatic heterocycles. The third kappa shape index (κ3) is 2.68. The first-order chi connectivity index (χ1) is 9.00. The molecule has 8 heteroatoms. The molecule has 7 nitrogen and oxygen atoms in total. The average molecular weight is 282 g/mol. The van der Waals surface area contributed by atoms with E-state index in [1.54, 1.807) is 0 Å². The summed E-state index contributed by atoms with van der Waals surface area (Å²) in [6.07, 6.45) is 0. The Morgan fingerprint density at radius 3 is 2.53 bits per heavy atom. The van der Waals surface area contributed by atoms with Crippen molar-refractivity contribution in [2.45, 2.75) is 5.37 Å². The Morgan fingerprint density at radius 2 is 2.00 bits per heavy atom. The van der Waals surface area contributed by atoms with Crippen LogP contribution < -0.4 is 0 Å². The standard InChI is InChI=1S/C11H10N2O5S/c14-9(12-5-6-19-10(12)11(15)16)7-1-3-8(4-2-7)13(17)18/h1-4,10H,5-6H2,(H,15,16). The molecule has 1 saturated heterocycles. The van der Waals surface area contributed by atoms with Gasteiger partial charge in [0.25, 0.3) is 11.6 Å². The number of nitro benzene ring substituents is 1. The number of nitrogens with zero attached hydrogens (tertiary/aromatic N) is 2. The Kier molecular flexibility index (Phi) is 3.70. The minimum atomic E-state index is -1.06. The molecule has 1 aliphatic rings. The highest BCUT2D eigenvalue weighted by Crippen LogP contribution is 2.26. The molecule has 1 aliphatic heterocycles. The zero-order valence-corrected chi connectivity index (χ0v) is 10.5. The normalized spacial score (nSPS) is 18.3. The number of nitro groups is 1. The third-order valence-corrected chi connectivity index (χ3v) is 3.88. The Balaban J connectivity index is 2.19. The Bertz CT molecular complexity index is 530. The van der Waals surface area contributed by atoms with E-state index in [-0.39, 0.29) is 11.3 Å². The SMILES string of the molecule is O=C(O)C1SCCN1C(=O)c1ccc([N+](=O)[O-])cc1. The molecule has 1 aromatic rings. The van der Waals surface area contributed by atoms with Crippen LogP contribution in [-0.2, 0) is 4.79 Å². The van der Waals surface area contributed by atoms with Crippen LogP contribution in [-0.4, -0.2) is 44.5 Å². The van der Waals surface area contributed by atoms with E-state index >= 15 is 0 Å². The van der Waals surface area contributed by atoms with Crippen LogP contribution in [0.4, 0.5) is 5.69 Å². The first-order valence-corrected chi connectivity index (χ1v) is 6.45. The van der Waals surface area contributed by atoms with E-state index in [9.17, 15) is 19.7 Å². The summed E-state index contributed by atoms with van der Waals surface area (Å²) in [5.74, 6) is -0.916. The minimum Gasteiger partial charge on any atom is -0.479 e. The minimum absolute atomic E-state index is 0.109.